The molecule has 0 spiro atoms. The second-order valence-corrected chi connectivity index (χ2v) is 5.35. The Kier molecular flexibility index (Phi) is 4.40. The molecule has 2 fully saturated rings. The molecule has 1 saturated carbocycles. The Bertz CT molecular complexity index is 264. The third-order valence-electron chi connectivity index (χ3n) is 4.19. The lowest BCUT2D eigenvalue weighted by Gasteiger charge is -2.31. The molecular formula is C13H24N2O2. The van der Waals surface area contributed by atoms with Gasteiger partial charge in [-0.2, -0.15) is 0 Å². The van der Waals surface area contributed by atoms with E-state index in [0.717, 1.165) is 25.3 Å². The molecule has 1 heterocycles. The third kappa shape index (κ3) is 2.80. The number of carbonyl (C=O) groups is 1. The van der Waals surface area contributed by atoms with Crippen molar-refractivity contribution < 1.29 is 9.53 Å². The summed E-state index contributed by atoms with van der Waals surface area (Å²) in [5.74, 6) is 0.803. The Morgan fingerprint density at radius 1 is 1.35 bits per heavy atom. The number of hydrogen-bond acceptors (Lipinski definition) is 3. The fourth-order valence-corrected chi connectivity index (χ4v) is 3.36. The quantitative estimate of drug-likeness (QED) is 0.801. The lowest BCUT2D eigenvalue weighted by atomic mass is 9.95. The van der Waals surface area contributed by atoms with E-state index in [1.807, 2.05) is 4.90 Å². The molecule has 4 nitrogen and oxygen atoms in total. The van der Waals surface area contributed by atoms with Crippen molar-refractivity contribution in [1.29, 1.82) is 0 Å². The van der Waals surface area contributed by atoms with Gasteiger partial charge in [0.2, 0.25) is 5.91 Å². The summed E-state index contributed by atoms with van der Waals surface area (Å²) in [6, 6.07) is -0.0325. The Hall–Kier alpha value is -0.610. The van der Waals surface area contributed by atoms with Crippen molar-refractivity contribution >= 4 is 5.91 Å². The molecule has 2 aliphatic rings. The number of hydrogen-bond donors (Lipinski definition) is 1. The zero-order valence-electron chi connectivity index (χ0n) is 10.7. The SMILES string of the molecule is COCC(N)C(=O)N1CCCC1C1CCCC1. The van der Waals surface area contributed by atoms with E-state index in [4.69, 9.17) is 10.5 Å². The van der Waals surface area contributed by atoms with E-state index in [-0.39, 0.29) is 5.91 Å². The molecule has 1 aliphatic heterocycles. The van der Waals surface area contributed by atoms with Crippen LogP contribution in [0.1, 0.15) is 38.5 Å². The first kappa shape index (κ1) is 12.8. The van der Waals surface area contributed by atoms with Crippen molar-refractivity contribution in [2.45, 2.75) is 50.6 Å². The average Bonchev–Trinajstić information content (AvgIpc) is 2.98. The Balaban J connectivity index is 1.96. The standard InChI is InChI=1S/C13H24N2O2/c1-17-9-11(14)13(16)15-8-4-7-12(15)10-5-2-3-6-10/h10-12H,2-9,14H2,1H3. The van der Waals surface area contributed by atoms with Crippen LogP contribution in [-0.2, 0) is 9.53 Å². The number of methoxy groups -OCH3 is 1. The highest BCUT2D eigenvalue weighted by molar-refractivity contribution is 5.82. The van der Waals surface area contributed by atoms with Crippen LogP contribution in [0.25, 0.3) is 0 Å². The summed E-state index contributed by atoms with van der Waals surface area (Å²) in [7, 11) is 1.59. The van der Waals surface area contributed by atoms with E-state index in [0.29, 0.717) is 12.6 Å². The summed E-state index contributed by atoms with van der Waals surface area (Å²) < 4.78 is 4.97. The van der Waals surface area contributed by atoms with E-state index < -0.39 is 6.04 Å². The minimum atomic E-state index is -0.484. The highest BCUT2D eigenvalue weighted by Gasteiger charge is 2.37. The van der Waals surface area contributed by atoms with Crippen molar-refractivity contribution in [3.63, 3.8) is 0 Å². The van der Waals surface area contributed by atoms with E-state index >= 15 is 0 Å². The maximum Gasteiger partial charge on any atom is 0.242 e. The minimum Gasteiger partial charge on any atom is -0.383 e. The number of nitrogens with zero attached hydrogens (tertiary/aromatic N) is 1. The Morgan fingerprint density at radius 2 is 2.06 bits per heavy atom. The van der Waals surface area contributed by atoms with Crippen LogP contribution in [0.3, 0.4) is 0 Å². The van der Waals surface area contributed by atoms with E-state index in [1.165, 1.54) is 25.7 Å². The van der Waals surface area contributed by atoms with Crippen LogP contribution in [0.15, 0.2) is 0 Å². The second kappa shape index (κ2) is 5.83. The molecule has 0 radical (unpaired) electrons. The van der Waals surface area contributed by atoms with Gasteiger partial charge in [-0.05, 0) is 31.6 Å². The zero-order chi connectivity index (χ0) is 12.3. The summed E-state index contributed by atoms with van der Waals surface area (Å²) in [6.07, 6.45) is 7.52. The highest BCUT2D eigenvalue weighted by Crippen LogP contribution is 2.35. The molecule has 4 heteroatoms. The van der Waals surface area contributed by atoms with Gasteiger partial charge in [-0.3, -0.25) is 4.79 Å². The topological polar surface area (TPSA) is 55.6 Å². The summed E-state index contributed by atoms with van der Waals surface area (Å²) in [5.41, 5.74) is 5.85. The molecule has 0 bridgehead atoms. The highest BCUT2D eigenvalue weighted by atomic mass is 16.5. The number of likely N-dealkylation sites (tertiary alicyclic amines) is 1. The van der Waals surface area contributed by atoms with Crippen LogP contribution in [0.2, 0.25) is 0 Å². The van der Waals surface area contributed by atoms with Gasteiger partial charge in [-0.15, -0.1) is 0 Å². The first-order valence-corrected chi connectivity index (χ1v) is 6.79. The molecule has 1 aliphatic carbocycles. The average molecular weight is 240 g/mol. The van der Waals surface area contributed by atoms with Gasteiger partial charge in [0.05, 0.1) is 6.61 Å². The molecule has 1 amide bonds. The van der Waals surface area contributed by atoms with Gasteiger partial charge >= 0.3 is 0 Å². The Morgan fingerprint density at radius 3 is 2.71 bits per heavy atom. The van der Waals surface area contributed by atoms with Crippen LogP contribution in [-0.4, -0.2) is 43.2 Å². The van der Waals surface area contributed by atoms with Crippen LogP contribution < -0.4 is 5.73 Å². The summed E-state index contributed by atoms with van der Waals surface area (Å²) in [5, 5.41) is 0. The monoisotopic (exact) mass is 240 g/mol. The van der Waals surface area contributed by atoms with Gasteiger partial charge in [-0.25, -0.2) is 0 Å². The van der Waals surface area contributed by atoms with Gasteiger partial charge in [0.25, 0.3) is 0 Å². The number of rotatable bonds is 4. The van der Waals surface area contributed by atoms with E-state index in [9.17, 15) is 4.79 Å². The number of carbonyl (C=O) groups excluding carboxylic acids is 1. The van der Waals surface area contributed by atoms with Gasteiger partial charge in [0.15, 0.2) is 0 Å². The van der Waals surface area contributed by atoms with Gasteiger partial charge in [-0.1, -0.05) is 12.8 Å². The summed E-state index contributed by atoms with van der Waals surface area (Å²) in [4.78, 5) is 14.3. The normalized spacial score (nSPS) is 27.6. The lowest BCUT2D eigenvalue weighted by Crippen LogP contribution is -2.49. The molecule has 0 aromatic carbocycles. The molecule has 0 aromatic rings. The van der Waals surface area contributed by atoms with Gasteiger partial charge in [0, 0.05) is 19.7 Å². The summed E-state index contributed by atoms with van der Waals surface area (Å²) in [6.45, 7) is 1.21. The molecule has 98 valence electrons. The molecule has 1 saturated heterocycles. The molecule has 2 atom stereocenters. The predicted molar refractivity (Wildman–Crippen MR) is 66.5 cm³/mol. The molecule has 17 heavy (non-hydrogen) atoms. The second-order valence-electron chi connectivity index (χ2n) is 5.35. The maximum atomic E-state index is 12.2. The van der Waals surface area contributed by atoms with Crippen molar-refractivity contribution in [2.24, 2.45) is 11.7 Å². The number of ether oxygens (including phenoxy) is 1. The number of nitrogens with two attached hydrogens (primary N) is 1. The Labute approximate surface area is 103 Å². The smallest absolute Gasteiger partial charge is 0.242 e. The molecule has 0 aromatic heterocycles. The van der Waals surface area contributed by atoms with Crippen LogP contribution in [0.4, 0.5) is 0 Å². The molecule has 2 rings (SSSR count). The van der Waals surface area contributed by atoms with E-state index in [2.05, 4.69) is 0 Å². The van der Waals surface area contributed by atoms with Crippen molar-refractivity contribution in [3.05, 3.63) is 0 Å². The van der Waals surface area contributed by atoms with Crippen molar-refractivity contribution in [2.75, 3.05) is 20.3 Å². The minimum absolute atomic E-state index is 0.0845. The fourth-order valence-electron chi connectivity index (χ4n) is 3.36. The molecular weight excluding hydrogens is 216 g/mol. The van der Waals surface area contributed by atoms with Gasteiger partial charge in [0.1, 0.15) is 6.04 Å². The van der Waals surface area contributed by atoms with Crippen LogP contribution in [0.5, 0.6) is 0 Å². The molecule has 2 unspecified atom stereocenters. The van der Waals surface area contributed by atoms with Crippen LogP contribution >= 0.6 is 0 Å². The van der Waals surface area contributed by atoms with Gasteiger partial charge < -0.3 is 15.4 Å². The van der Waals surface area contributed by atoms with E-state index in [1.54, 1.807) is 7.11 Å². The van der Waals surface area contributed by atoms with Crippen molar-refractivity contribution in [1.82, 2.24) is 4.90 Å². The summed E-state index contributed by atoms with van der Waals surface area (Å²) >= 11 is 0. The number of amides is 1. The first-order valence-electron chi connectivity index (χ1n) is 6.79. The predicted octanol–water partition coefficient (Wildman–Crippen LogP) is 1.14. The largest absolute Gasteiger partial charge is 0.383 e. The van der Waals surface area contributed by atoms with Crippen LogP contribution in [0, 0.1) is 5.92 Å². The lowest BCUT2D eigenvalue weighted by molar-refractivity contribution is -0.135. The first-order chi connectivity index (χ1) is 8.24. The molecule has 2 N–H and O–H groups in total. The maximum absolute atomic E-state index is 12.2. The fraction of sp³-hybridized carbons (Fsp3) is 0.923. The zero-order valence-corrected chi connectivity index (χ0v) is 10.7. The third-order valence-corrected chi connectivity index (χ3v) is 4.19. The van der Waals surface area contributed by atoms with Crippen molar-refractivity contribution in [3.8, 4) is 0 Å².